The van der Waals surface area contributed by atoms with Crippen molar-refractivity contribution < 1.29 is 109 Å². The summed E-state index contributed by atoms with van der Waals surface area (Å²) in [7, 11) is -5.29. The molecule has 0 aliphatic heterocycles. The van der Waals surface area contributed by atoms with E-state index < -0.39 is 39.1 Å². The van der Waals surface area contributed by atoms with Crippen LogP contribution in [-0.4, -0.2) is 31.3 Å². The maximum absolute atomic E-state index is 11.7. The van der Waals surface area contributed by atoms with Gasteiger partial charge in [0.1, 0.15) is 6.61 Å². The van der Waals surface area contributed by atoms with Crippen molar-refractivity contribution in [3.05, 3.63) is 0 Å². The number of carbonyl (C=O) groups is 2. The average Bonchev–Trinajstić information content (AvgIpc) is 2.69. The molecular formula is C20H38NNa2O9P. The van der Waals surface area contributed by atoms with Crippen molar-refractivity contribution in [3.63, 3.8) is 0 Å². The topological polar surface area (TPSA) is 169 Å². The minimum absolute atomic E-state index is 0. The van der Waals surface area contributed by atoms with Crippen molar-refractivity contribution in [2.75, 3.05) is 13.2 Å². The number of esters is 1. The third-order valence-corrected chi connectivity index (χ3v) is 3.77. The first-order chi connectivity index (χ1) is 14.3. The third kappa shape index (κ3) is 29.6. The van der Waals surface area contributed by atoms with Crippen LogP contribution in [-0.2, 0) is 33.2 Å². The fourth-order valence-corrected chi connectivity index (χ4v) is 2.25. The summed E-state index contributed by atoms with van der Waals surface area (Å²) in [6, 6.07) is 0. The van der Waals surface area contributed by atoms with E-state index in [1.54, 1.807) is 6.92 Å². The van der Waals surface area contributed by atoms with Gasteiger partial charge >= 0.3 is 71.1 Å². The van der Waals surface area contributed by atoms with Crippen molar-refractivity contribution in [2.45, 2.75) is 64.9 Å². The summed E-state index contributed by atoms with van der Waals surface area (Å²) in [4.78, 5) is 53.7. The molecular weight excluding hydrogens is 475 g/mol. The molecule has 13 heteroatoms. The molecule has 0 spiro atoms. The first-order valence-corrected chi connectivity index (χ1v) is 10.9. The molecule has 0 unspecified atom stereocenters. The zero-order valence-electron chi connectivity index (χ0n) is 19.8. The van der Waals surface area contributed by atoms with E-state index in [1.807, 2.05) is 5.92 Å². The molecule has 33 heavy (non-hydrogen) atoms. The van der Waals surface area contributed by atoms with Crippen molar-refractivity contribution >= 4 is 19.8 Å². The van der Waals surface area contributed by atoms with E-state index >= 15 is 0 Å². The van der Waals surface area contributed by atoms with Crippen LogP contribution in [0.25, 0.3) is 0 Å². The molecule has 0 aliphatic carbocycles. The second-order valence-electron chi connectivity index (χ2n) is 5.91. The number of unbranched alkanes of at least 4 members (excludes halogenated alkanes) is 5. The number of hydrogen-bond donors (Lipinski definition) is 1. The second kappa shape index (κ2) is 26.3. The van der Waals surface area contributed by atoms with Crippen LogP contribution in [0.3, 0.4) is 0 Å². The number of carbonyl (C=O) groups excluding carboxylic acids is 2. The van der Waals surface area contributed by atoms with Gasteiger partial charge in [0.05, 0.1) is 14.4 Å². The normalized spacial score (nSPS) is 9.94. The van der Waals surface area contributed by atoms with Crippen molar-refractivity contribution in [1.29, 1.82) is 0 Å². The van der Waals surface area contributed by atoms with Crippen molar-refractivity contribution in [1.82, 2.24) is 6.15 Å². The summed E-state index contributed by atoms with van der Waals surface area (Å²) in [5.41, 5.74) is 0. The molecule has 0 heterocycles. The van der Waals surface area contributed by atoms with Crippen LogP contribution in [0.1, 0.15) is 65.9 Å². The average molecular weight is 513 g/mol. The van der Waals surface area contributed by atoms with Crippen molar-refractivity contribution in [3.8, 4) is 35.5 Å². The number of phosphoric ester groups is 1. The van der Waals surface area contributed by atoms with E-state index in [-0.39, 0.29) is 78.8 Å². The summed E-state index contributed by atoms with van der Waals surface area (Å²) < 4.78 is 19.4. The molecule has 0 amide bonds. The molecule has 3 N–H and O–H groups in total. The molecule has 0 rings (SSSR count). The van der Waals surface area contributed by atoms with Gasteiger partial charge in [-0.1, -0.05) is 44.9 Å². The molecule has 0 radical (unpaired) electrons. The van der Waals surface area contributed by atoms with E-state index in [4.69, 9.17) is 9.62 Å². The maximum atomic E-state index is 11.7. The minimum Gasteiger partial charge on any atom is -0.790 e. The number of ether oxygens (including phenoxy) is 1. The molecule has 0 bridgehead atoms. The van der Waals surface area contributed by atoms with Gasteiger partial charge in [-0.3, -0.25) is 4.89 Å². The molecule has 0 fully saturated rings. The van der Waals surface area contributed by atoms with Crippen LogP contribution < -0.4 is 75.1 Å². The quantitative estimate of drug-likeness (QED) is 0.0358. The molecule has 0 aromatic rings. The predicted octanol–water partition coefficient (Wildman–Crippen LogP) is -3.60. The molecule has 184 valence electrons. The Morgan fingerprint density at radius 1 is 0.970 bits per heavy atom. The van der Waals surface area contributed by atoms with Gasteiger partial charge in [0.15, 0.2) is 6.10 Å². The van der Waals surface area contributed by atoms with Gasteiger partial charge in [0.25, 0.3) is 0 Å². The van der Waals surface area contributed by atoms with E-state index in [9.17, 15) is 23.9 Å². The zero-order chi connectivity index (χ0) is 22.7. The molecule has 0 saturated carbocycles. The standard InChI is InChI=1S/C20H27O9P.H3N.2Na.5H2/c1-3-5-7-9-11-13-15-20(22)29-28-18(17-27-30(23,24)25)16-26-19(21)14-12-10-8-6-4-2;;;;;;;;/h18H,3,5,7,9,11,13,15-17H2,1-2H3,(H2,23,24,25);1H3;;;5*1H/q;;2*+1;;;;;/p-2/t18-;;;;;;;;/m1......../s1. The molecule has 0 aliphatic rings. The fraction of sp³-hybridized carbons (Fsp3) is 0.600. The Morgan fingerprint density at radius 3 is 2.18 bits per heavy atom. The van der Waals surface area contributed by atoms with Crippen LogP contribution in [0.4, 0.5) is 0 Å². The van der Waals surface area contributed by atoms with E-state index in [1.165, 1.54) is 0 Å². The number of phosphoric acid groups is 1. The summed E-state index contributed by atoms with van der Waals surface area (Å²) in [6.45, 7) is 2.32. The summed E-state index contributed by atoms with van der Waals surface area (Å²) in [6.07, 6.45) is 4.60. The summed E-state index contributed by atoms with van der Waals surface area (Å²) in [5, 5.41) is 0. The van der Waals surface area contributed by atoms with E-state index in [0.29, 0.717) is 6.42 Å². The number of rotatable bonds is 14. The Bertz CT molecular complexity index is 791. The number of hydrogen-bond acceptors (Lipinski definition) is 10. The van der Waals surface area contributed by atoms with Crippen molar-refractivity contribution in [2.24, 2.45) is 0 Å². The van der Waals surface area contributed by atoms with Crippen LogP contribution in [0.15, 0.2) is 0 Å². The van der Waals surface area contributed by atoms with E-state index in [0.717, 1.165) is 32.1 Å². The van der Waals surface area contributed by atoms with Gasteiger partial charge in [-0.2, -0.15) is 4.89 Å². The van der Waals surface area contributed by atoms with Gasteiger partial charge < -0.3 is 29.8 Å². The smallest absolute Gasteiger partial charge is 0.790 e. The van der Waals surface area contributed by atoms with Gasteiger partial charge in [-0.25, -0.2) is 9.59 Å². The summed E-state index contributed by atoms with van der Waals surface area (Å²) >= 11 is 0. The third-order valence-electron chi connectivity index (χ3n) is 3.31. The van der Waals surface area contributed by atoms with Crippen LogP contribution in [0.5, 0.6) is 0 Å². The molecule has 1 atom stereocenters. The fourth-order valence-electron chi connectivity index (χ4n) is 1.90. The maximum Gasteiger partial charge on any atom is 1.00 e. The molecule has 0 saturated heterocycles. The minimum atomic E-state index is -5.29. The van der Waals surface area contributed by atoms with E-state index in [2.05, 4.69) is 45.9 Å². The largest absolute Gasteiger partial charge is 1.00 e. The van der Waals surface area contributed by atoms with Crippen LogP contribution in [0.2, 0.25) is 0 Å². The molecule has 10 nitrogen and oxygen atoms in total. The van der Waals surface area contributed by atoms with Gasteiger partial charge in [0, 0.05) is 19.5 Å². The molecule has 0 aromatic carbocycles. The Hall–Kier alpha value is -0.350. The van der Waals surface area contributed by atoms with Gasteiger partial charge in [0.2, 0.25) is 0 Å². The van der Waals surface area contributed by atoms with Gasteiger partial charge in [-0.15, -0.1) is 0 Å². The van der Waals surface area contributed by atoms with Crippen LogP contribution in [0, 0.1) is 35.5 Å². The Kier molecular flexibility index (Phi) is 31.7. The monoisotopic (exact) mass is 513 g/mol. The predicted molar refractivity (Wildman–Crippen MR) is 118 cm³/mol. The zero-order valence-corrected chi connectivity index (χ0v) is 24.7. The first-order valence-electron chi connectivity index (χ1n) is 9.40. The molecule has 0 aromatic heterocycles. The first kappa shape index (κ1) is 39.8. The Labute approximate surface area is 247 Å². The Balaban J connectivity index is -0.000000150. The Morgan fingerprint density at radius 2 is 1.58 bits per heavy atom. The SMILES string of the molecule is CC#CC#CC#CC(=O)OC[C@H](COP(=O)([O-])[O-])OOC(=O)CCCCCCCC.N.[HH].[HH].[HH].[HH].[HH].[Na+].[Na+]. The second-order valence-corrected chi connectivity index (χ2v) is 7.06. The summed E-state index contributed by atoms with van der Waals surface area (Å²) in [5.74, 6) is 12.2. The van der Waals surface area contributed by atoms with Crippen LogP contribution >= 0.6 is 7.82 Å². The van der Waals surface area contributed by atoms with Gasteiger partial charge in [-0.05, 0) is 37.0 Å².